The highest BCUT2D eigenvalue weighted by molar-refractivity contribution is 5.76. The Morgan fingerprint density at radius 2 is 2.03 bits per heavy atom. The molecule has 7 nitrogen and oxygen atoms in total. The van der Waals surface area contributed by atoms with Gasteiger partial charge in [-0.2, -0.15) is 10.5 Å². The van der Waals surface area contributed by atoms with Crippen molar-refractivity contribution in [3.63, 3.8) is 0 Å². The summed E-state index contributed by atoms with van der Waals surface area (Å²) in [5.41, 5.74) is 5.85. The SMILES string of the molecule is C[C@]1(CO)CNc2c(C#N)cc(-c3ccnc(Nc4cc(C#N)ccc4C4CC4)n3)cc21. The van der Waals surface area contributed by atoms with Gasteiger partial charge >= 0.3 is 0 Å². The van der Waals surface area contributed by atoms with Gasteiger partial charge in [0, 0.05) is 29.4 Å². The van der Waals surface area contributed by atoms with Crippen LogP contribution in [0.1, 0.15) is 47.9 Å². The molecule has 0 radical (unpaired) electrons. The molecule has 1 aromatic heterocycles. The summed E-state index contributed by atoms with van der Waals surface area (Å²) in [6, 6.07) is 15.7. The van der Waals surface area contributed by atoms with Crippen molar-refractivity contribution in [1.29, 1.82) is 10.5 Å². The molecule has 1 atom stereocenters. The van der Waals surface area contributed by atoms with Gasteiger partial charge in [-0.05, 0) is 60.2 Å². The number of rotatable bonds is 5. The molecule has 1 fully saturated rings. The van der Waals surface area contributed by atoms with Crippen LogP contribution in [0.5, 0.6) is 0 Å². The van der Waals surface area contributed by atoms with Crippen LogP contribution in [-0.2, 0) is 5.41 Å². The molecule has 32 heavy (non-hydrogen) atoms. The Labute approximate surface area is 186 Å². The Morgan fingerprint density at radius 1 is 1.19 bits per heavy atom. The van der Waals surface area contributed by atoms with E-state index in [1.807, 2.05) is 37.3 Å². The van der Waals surface area contributed by atoms with Gasteiger partial charge in [-0.1, -0.05) is 13.0 Å². The molecular formula is C25H22N6O. The lowest BCUT2D eigenvalue weighted by Gasteiger charge is -2.21. The molecule has 1 saturated carbocycles. The summed E-state index contributed by atoms with van der Waals surface area (Å²) in [4.78, 5) is 9.07. The first-order valence-corrected chi connectivity index (χ1v) is 10.6. The van der Waals surface area contributed by atoms with Crippen molar-refractivity contribution < 1.29 is 5.11 Å². The molecule has 3 N–H and O–H groups in total. The highest BCUT2D eigenvalue weighted by Gasteiger charge is 2.36. The van der Waals surface area contributed by atoms with Crippen LogP contribution < -0.4 is 10.6 Å². The van der Waals surface area contributed by atoms with E-state index in [2.05, 4.69) is 27.8 Å². The fourth-order valence-electron chi connectivity index (χ4n) is 4.25. The maximum Gasteiger partial charge on any atom is 0.227 e. The maximum absolute atomic E-state index is 9.94. The summed E-state index contributed by atoms with van der Waals surface area (Å²) in [6.07, 6.45) is 3.97. The highest BCUT2D eigenvalue weighted by atomic mass is 16.3. The zero-order chi connectivity index (χ0) is 22.3. The Morgan fingerprint density at radius 3 is 2.75 bits per heavy atom. The van der Waals surface area contributed by atoms with Gasteiger partial charge in [-0.3, -0.25) is 0 Å². The minimum Gasteiger partial charge on any atom is -0.395 e. The Bertz CT molecular complexity index is 1300. The molecule has 0 saturated heterocycles. The van der Waals surface area contributed by atoms with Crippen molar-refractivity contribution in [2.45, 2.75) is 31.1 Å². The van der Waals surface area contributed by atoms with Crippen molar-refractivity contribution in [2.75, 3.05) is 23.8 Å². The number of aliphatic hydroxyl groups excluding tert-OH is 1. The molecule has 2 aliphatic rings. The number of nitrogens with zero attached hydrogens (tertiary/aromatic N) is 4. The van der Waals surface area contributed by atoms with Gasteiger partial charge in [0.2, 0.25) is 5.95 Å². The van der Waals surface area contributed by atoms with E-state index in [9.17, 15) is 15.6 Å². The van der Waals surface area contributed by atoms with Crippen LogP contribution in [0, 0.1) is 22.7 Å². The summed E-state index contributed by atoms with van der Waals surface area (Å²) >= 11 is 0. The third-order valence-electron chi connectivity index (χ3n) is 6.31. The molecule has 7 heteroatoms. The number of aliphatic hydroxyl groups is 1. The van der Waals surface area contributed by atoms with Gasteiger partial charge in [0.25, 0.3) is 0 Å². The number of benzene rings is 2. The summed E-state index contributed by atoms with van der Waals surface area (Å²) < 4.78 is 0. The molecule has 0 unspecified atom stereocenters. The largest absolute Gasteiger partial charge is 0.395 e. The molecule has 0 spiro atoms. The van der Waals surface area contributed by atoms with Crippen LogP contribution in [0.4, 0.5) is 17.3 Å². The van der Waals surface area contributed by atoms with Crippen molar-refractivity contribution >= 4 is 17.3 Å². The van der Waals surface area contributed by atoms with Crippen LogP contribution in [0.2, 0.25) is 0 Å². The van der Waals surface area contributed by atoms with Crippen LogP contribution >= 0.6 is 0 Å². The molecule has 158 valence electrons. The monoisotopic (exact) mass is 422 g/mol. The van der Waals surface area contributed by atoms with Gasteiger partial charge in [-0.25, -0.2) is 9.97 Å². The molecule has 2 heterocycles. The van der Waals surface area contributed by atoms with Crippen molar-refractivity contribution in [3.8, 4) is 23.4 Å². The fourth-order valence-corrected chi connectivity index (χ4v) is 4.25. The normalized spacial score (nSPS) is 18.9. The van der Waals surface area contributed by atoms with E-state index in [4.69, 9.17) is 4.98 Å². The quantitative estimate of drug-likeness (QED) is 0.564. The van der Waals surface area contributed by atoms with Gasteiger partial charge in [0.1, 0.15) is 6.07 Å². The van der Waals surface area contributed by atoms with E-state index >= 15 is 0 Å². The smallest absolute Gasteiger partial charge is 0.227 e. The van der Waals surface area contributed by atoms with Crippen molar-refractivity contribution in [3.05, 3.63) is 64.8 Å². The van der Waals surface area contributed by atoms with E-state index in [-0.39, 0.29) is 6.61 Å². The van der Waals surface area contributed by atoms with Crippen LogP contribution in [-0.4, -0.2) is 28.2 Å². The van der Waals surface area contributed by atoms with Gasteiger partial charge < -0.3 is 15.7 Å². The first-order valence-electron chi connectivity index (χ1n) is 10.6. The van der Waals surface area contributed by atoms with E-state index in [1.165, 1.54) is 5.56 Å². The topological polar surface area (TPSA) is 118 Å². The van der Waals surface area contributed by atoms with E-state index in [0.717, 1.165) is 35.3 Å². The summed E-state index contributed by atoms with van der Waals surface area (Å²) in [7, 11) is 0. The van der Waals surface area contributed by atoms with Crippen LogP contribution in [0.3, 0.4) is 0 Å². The average Bonchev–Trinajstić information content (AvgIpc) is 3.62. The number of nitrogens with one attached hydrogen (secondary N) is 2. The third-order valence-corrected chi connectivity index (χ3v) is 6.31. The second-order valence-corrected chi connectivity index (χ2v) is 8.71. The number of nitriles is 2. The fraction of sp³-hybridized carbons (Fsp3) is 0.280. The number of fused-ring (bicyclic) bond motifs is 1. The van der Waals surface area contributed by atoms with Gasteiger partial charge in [-0.15, -0.1) is 0 Å². The van der Waals surface area contributed by atoms with Crippen molar-refractivity contribution in [2.24, 2.45) is 0 Å². The maximum atomic E-state index is 9.94. The van der Waals surface area contributed by atoms with E-state index in [1.54, 1.807) is 12.3 Å². The third kappa shape index (κ3) is 3.43. The minimum atomic E-state index is -0.456. The molecule has 5 rings (SSSR count). The second-order valence-electron chi connectivity index (χ2n) is 8.71. The Balaban J connectivity index is 1.53. The Hall–Kier alpha value is -3.94. The predicted molar refractivity (Wildman–Crippen MR) is 122 cm³/mol. The molecule has 1 aliphatic heterocycles. The molecule has 0 amide bonds. The van der Waals surface area contributed by atoms with Crippen LogP contribution in [0.25, 0.3) is 11.3 Å². The lowest BCUT2D eigenvalue weighted by molar-refractivity contribution is 0.219. The van der Waals surface area contributed by atoms with Crippen molar-refractivity contribution in [1.82, 2.24) is 9.97 Å². The van der Waals surface area contributed by atoms with Gasteiger partial charge in [0.05, 0.1) is 35.2 Å². The molecule has 2 aromatic carbocycles. The number of hydrogen-bond donors (Lipinski definition) is 3. The predicted octanol–water partition coefficient (Wildman–Crippen LogP) is 4.18. The minimum absolute atomic E-state index is 0.0168. The van der Waals surface area contributed by atoms with E-state index in [0.29, 0.717) is 35.2 Å². The molecule has 3 aromatic rings. The first kappa shape index (κ1) is 20.0. The van der Waals surface area contributed by atoms with Crippen LogP contribution in [0.15, 0.2) is 42.6 Å². The molecule has 0 bridgehead atoms. The number of aromatic nitrogens is 2. The highest BCUT2D eigenvalue weighted by Crippen LogP contribution is 2.44. The number of hydrogen-bond acceptors (Lipinski definition) is 7. The number of anilines is 3. The summed E-state index contributed by atoms with van der Waals surface area (Å²) in [5.74, 6) is 0.938. The lowest BCUT2D eigenvalue weighted by atomic mass is 9.83. The summed E-state index contributed by atoms with van der Waals surface area (Å²) in [5, 5.41) is 35.5. The second kappa shape index (κ2) is 7.64. The molecule has 1 aliphatic carbocycles. The van der Waals surface area contributed by atoms with Gasteiger partial charge in [0.15, 0.2) is 0 Å². The molecular weight excluding hydrogens is 400 g/mol. The Kier molecular flexibility index (Phi) is 4.77. The average molecular weight is 422 g/mol. The van der Waals surface area contributed by atoms with E-state index < -0.39 is 5.41 Å². The lowest BCUT2D eigenvalue weighted by Crippen LogP contribution is -2.28. The summed E-state index contributed by atoms with van der Waals surface area (Å²) in [6.45, 7) is 2.54. The zero-order valence-electron chi connectivity index (χ0n) is 17.7. The first-order chi connectivity index (χ1) is 15.5. The standard InChI is InChI=1S/C25H22N6O/c1-25(14-32)13-29-23-18(12-27)9-17(10-20(23)25)21-6-7-28-24(30-21)31-22-8-15(11-26)2-5-19(22)16-3-4-16/h2,5-10,16,29,32H,3-4,13-14H2,1H3,(H,28,30,31)/t25-/m1/s1. The zero-order valence-corrected chi connectivity index (χ0v) is 17.7.